The molecule has 9 heteroatoms. The molecular formula is C18H24N2O7. The zero-order valence-electron chi connectivity index (χ0n) is 15.8. The Bertz CT molecular complexity index is 695. The molecule has 1 aromatic carbocycles. The zero-order valence-corrected chi connectivity index (χ0v) is 15.8. The molecule has 1 heterocycles. The molecule has 0 radical (unpaired) electrons. The molecule has 0 saturated carbocycles. The second kappa shape index (κ2) is 9.13. The summed E-state index contributed by atoms with van der Waals surface area (Å²) in [5.41, 5.74) is 0.814. The maximum atomic E-state index is 12.6. The standard InChI is InChI=1S/C18H24N2O7/c1-10-14(17(21)27-7-6-23-2)15(20-18(22)19-10)11-8-12(24-3)16(26-5)13(9-11)25-4/h8-9,14-15H,1,6-7H2,2-5H3,(H2,19,20,22)/t14-,15+/m0/s1. The molecular weight excluding hydrogens is 356 g/mol. The molecule has 0 aromatic heterocycles. The molecule has 148 valence electrons. The third-order valence-corrected chi connectivity index (χ3v) is 4.10. The fraction of sp³-hybridized carbons (Fsp3) is 0.444. The van der Waals surface area contributed by atoms with Crippen LogP contribution in [0.5, 0.6) is 17.2 Å². The number of amides is 2. The van der Waals surface area contributed by atoms with Crippen LogP contribution in [0.15, 0.2) is 24.4 Å². The Morgan fingerprint density at radius 2 is 1.70 bits per heavy atom. The Kier molecular flexibility index (Phi) is 6.89. The van der Waals surface area contributed by atoms with Gasteiger partial charge in [-0.2, -0.15) is 0 Å². The fourth-order valence-electron chi connectivity index (χ4n) is 2.84. The van der Waals surface area contributed by atoms with Crippen LogP contribution >= 0.6 is 0 Å². The quantitative estimate of drug-likeness (QED) is 0.519. The third-order valence-electron chi connectivity index (χ3n) is 4.10. The van der Waals surface area contributed by atoms with Crippen molar-refractivity contribution in [2.75, 3.05) is 41.7 Å². The number of rotatable bonds is 8. The highest BCUT2D eigenvalue weighted by Gasteiger charge is 2.39. The van der Waals surface area contributed by atoms with E-state index in [2.05, 4.69) is 17.2 Å². The minimum Gasteiger partial charge on any atom is -0.493 e. The third kappa shape index (κ3) is 4.43. The summed E-state index contributed by atoms with van der Waals surface area (Å²) >= 11 is 0. The average molecular weight is 380 g/mol. The molecule has 9 nitrogen and oxygen atoms in total. The van der Waals surface area contributed by atoms with E-state index in [1.807, 2.05) is 0 Å². The van der Waals surface area contributed by atoms with Crippen molar-refractivity contribution in [1.82, 2.24) is 10.6 Å². The van der Waals surface area contributed by atoms with Crippen molar-refractivity contribution in [2.45, 2.75) is 6.04 Å². The van der Waals surface area contributed by atoms with E-state index in [0.717, 1.165) is 0 Å². The molecule has 2 atom stereocenters. The van der Waals surface area contributed by atoms with Gasteiger partial charge in [0.05, 0.1) is 34.0 Å². The minimum absolute atomic E-state index is 0.0923. The predicted molar refractivity (Wildman–Crippen MR) is 96.0 cm³/mol. The van der Waals surface area contributed by atoms with Crippen LogP contribution in [0, 0.1) is 5.92 Å². The van der Waals surface area contributed by atoms with Crippen molar-refractivity contribution in [3.05, 3.63) is 30.0 Å². The van der Waals surface area contributed by atoms with Gasteiger partial charge in [0.25, 0.3) is 0 Å². The summed E-state index contributed by atoms with van der Waals surface area (Å²) in [6.45, 7) is 4.15. The van der Waals surface area contributed by atoms with Crippen molar-refractivity contribution in [3.63, 3.8) is 0 Å². The van der Waals surface area contributed by atoms with E-state index in [1.165, 1.54) is 28.4 Å². The Hall–Kier alpha value is -2.94. The minimum atomic E-state index is -0.845. The highest BCUT2D eigenvalue weighted by molar-refractivity contribution is 5.85. The first kappa shape index (κ1) is 20.4. The normalized spacial score (nSPS) is 19.0. The van der Waals surface area contributed by atoms with Crippen LogP contribution in [0.4, 0.5) is 4.79 Å². The van der Waals surface area contributed by atoms with Gasteiger partial charge in [0, 0.05) is 12.8 Å². The second-order valence-electron chi connectivity index (χ2n) is 5.70. The molecule has 0 aliphatic carbocycles. The number of carbonyl (C=O) groups excluding carboxylic acids is 2. The van der Waals surface area contributed by atoms with Crippen LogP contribution in [0.1, 0.15) is 11.6 Å². The lowest BCUT2D eigenvalue weighted by Crippen LogP contribution is -2.51. The van der Waals surface area contributed by atoms with Crippen molar-refractivity contribution < 1.29 is 33.3 Å². The molecule has 1 fully saturated rings. The highest BCUT2D eigenvalue weighted by atomic mass is 16.6. The van der Waals surface area contributed by atoms with Crippen LogP contribution in [0.2, 0.25) is 0 Å². The maximum Gasteiger partial charge on any atom is 0.319 e. The van der Waals surface area contributed by atoms with E-state index in [0.29, 0.717) is 22.8 Å². The predicted octanol–water partition coefficient (Wildman–Crippen LogP) is 1.39. The van der Waals surface area contributed by atoms with E-state index < -0.39 is 24.0 Å². The van der Waals surface area contributed by atoms with Gasteiger partial charge in [-0.15, -0.1) is 0 Å². The van der Waals surface area contributed by atoms with Crippen molar-refractivity contribution >= 4 is 12.0 Å². The summed E-state index contributed by atoms with van der Waals surface area (Å²) in [6.07, 6.45) is 0. The Morgan fingerprint density at radius 1 is 1.07 bits per heavy atom. The molecule has 2 N–H and O–H groups in total. The highest BCUT2D eigenvalue weighted by Crippen LogP contribution is 2.42. The molecule has 0 spiro atoms. The first-order chi connectivity index (χ1) is 13.0. The zero-order chi connectivity index (χ0) is 20.0. The van der Waals surface area contributed by atoms with Crippen LogP contribution in [-0.2, 0) is 14.3 Å². The summed E-state index contributed by atoms with van der Waals surface area (Å²) in [4.78, 5) is 24.6. The van der Waals surface area contributed by atoms with Gasteiger partial charge in [0.1, 0.15) is 12.5 Å². The smallest absolute Gasteiger partial charge is 0.319 e. The second-order valence-corrected chi connectivity index (χ2v) is 5.70. The number of carbonyl (C=O) groups is 2. The summed E-state index contributed by atoms with van der Waals surface area (Å²) in [5.74, 6) is -0.179. The topological polar surface area (TPSA) is 104 Å². The first-order valence-electron chi connectivity index (χ1n) is 8.18. The summed E-state index contributed by atoms with van der Waals surface area (Å²) in [6, 6.07) is 2.13. The Balaban J connectivity index is 2.43. The van der Waals surface area contributed by atoms with Gasteiger partial charge in [-0.05, 0) is 17.7 Å². The lowest BCUT2D eigenvalue weighted by Gasteiger charge is -2.33. The summed E-state index contributed by atoms with van der Waals surface area (Å²) in [5, 5.41) is 5.25. The van der Waals surface area contributed by atoms with Gasteiger partial charge in [0.15, 0.2) is 11.5 Å². The number of urea groups is 1. The van der Waals surface area contributed by atoms with E-state index in [1.54, 1.807) is 12.1 Å². The number of methoxy groups -OCH3 is 4. The maximum absolute atomic E-state index is 12.6. The monoisotopic (exact) mass is 380 g/mol. The number of nitrogens with one attached hydrogen (secondary N) is 2. The van der Waals surface area contributed by atoms with Gasteiger partial charge in [-0.25, -0.2) is 4.79 Å². The van der Waals surface area contributed by atoms with Crippen molar-refractivity contribution in [1.29, 1.82) is 0 Å². The molecule has 27 heavy (non-hydrogen) atoms. The van der Waals surface area contributed by atoms with E-state index in [9.17, 15) is 9.59 Å². The molecule has 1 aliphatic heterocycles. The van der Waals surface area contributed by atoms with Crippen LogP contribution in [0.25, 0.3) is 0 Å². The first-order valence-corrected chi connectivity index (χ1v) is 8.18. The lowest BCUT2D eigenvalue weighted by molar-refractivity contribution is -0.149. The van der Waals surface area contributed by atoms with E-state index >= 15 is 0 Å². The molecule has 0 unspecified atom stereocenters. The van der Waals surface area contributed by atoms with Crippen molar-refractivity contribution in [3.8, 4) is 17.2 Å². The number of esters is 1. The summed E-state index contributed by atoms with van der Waals surface area (Å²) in [7, 11) is 5.97. The Morgan fingerprint density at radius 3 is 2.22 bits per heavy atom. The molecule has 1 aromatic rings. The lowest BCUT2D eigenvalue weighted by atomic mass is 9.88. The molecule has 1 saturated heterocycles. The van der Waals surface area contributed by atoms with Crippen LogP contribution in [-0.4, -0.2) is 53.7 Å². The largest absolute Gasteiger partial charge is 0.493 e. The fourth-order valence-corrected chi connectivity index (χ4v) is 2.84. The van der Waals surface area contributed by atoms with Gasteiger partial charge < -0.3 is 34.3 Å². The Labute approximate surface area is 157 Å². The average Bonchev–Trinajstić information content (AvgIpc) is 2.66. The number of ether oxygens (including phenoxy) is 5. The van der Waals surface area contributed by atoms with Gasteiger partial charge in [-0.1, -0.05) is 6.58 Å². The molecule has 1 aliphatic rings. The van der Waals surface area contributed by atoms with Crippen LogP contribution in [0.3, 0.4) is 0 Å². The van der Waals surface area contributed by atoms with Crippen molar-refractivity contribution in [2.24, 2.45) is 5.92 Å². The number of hydrogen-bond acceptors (Lipinski definition) is 7. The molecule has 0 bridgehead atoms. The SMILES string of the molecule is C=C1NC(=O)N[C@H](c2cc(OC)c(OC)c(OC)c2)[C@H]1C(=O)OCCOC. The van der Waals surface area contributed by atoms with Gasteiger partial charge >= 0.3 is 12.0 Å². The summed E-state index contributed by atoms with van der Waals surface area (Å²) < 4.78 is 26.1. The molecule has 2 amide bonds. The van der Waals surface area contributed by atoms with Gasteiger partial charge in [-0.3, -0.25) is 4.79 Å². The number of hydrogen-bond donors (Lipinski definition) is 2. The number of benzene rings is 1. The van der Waals surface area contributed by atoms with Gasteiger partial charge in [0.2, 0.25) is 5.75 Å². The van der Waals surface area contributed by atoms with E-state index in [-0.39, 0.29) is 18.9 Å². The van der Waals surface area contributed by atoms with E-state index in [4.69, 9.17) is 23.7 Å². The van der Waals surface area contributed by atoms with Crippen LogP contribution < -0.4 is 24.8 Å². The molecule has 2 rings (SSSR count).